The predicted molar refractivity (Wildman–Crippen MR) is 99.3 cm³/mol. The summed E-state index contributed by atoms with van der Waals surface area (Å²) in [5.74, 6) is -0.554. The van der Waals surface area contributed by atoms with Gasteiger partial charge in [-0.2, -0.15) is 0 Å². The number of ether oxygens (including phenoxy) is 3. The Morgan fingerprint density at radius 2 is 1.88 bits per heavy atom. The van der Waals surface area contributed by atoms with Crippen molar-refractivity contribution in [1.29, 1.82) is 0 Å². The summed E-state index contributed by atoms with van der Waals surface area (Å²) in [6.45, 7) is 6.52. The first-order chi connectivity index (χ1) is 11.5. The lowest BCUT2D eigenvalue weighted by molar-refractivity contribution is -0.143. The van der Waals surface area contributed by atoms with Crippen LogP contribution in [0.4, 0.5) is 4.79 Å². The second kappa shape index (κ2) is 9.02. The molecule has 0 saturated heterocycles. The normalized spacial score (nSPS) is 12.1. The first-order valence-corrected chi connectivity index (χ1v) is 8.64. The van der Waals surface area contributed by atoms with Crippen LogP contribution in [0.5, 0.6) is 5.75 Å². The van der Waals surface area contributed by atoms with E-state index in [4.69, 9.17) is 14.2 Å². The van der Waals surface area contributed by atoms with Gasteiger partial charge in [-0.1, -0.05) is 6.07 Å². The highest BCUT2D eigenvalue weighted by molar-refractivity contribution is 14.1. The Kier molecular flexibility index (Phi) is 7.65. The highest BCUT2D eigenvalue weighted by atomic mass is 127. The minimum Gasteiger partial charge on any atom is -0.467 e. The molecule has 0 aliphatic heterocycles. The molecule has 0 fully saturated rings. The molecule has 8 heteroatoms. The number of amides is 1. The number of carbonyl (C=O) groups is 3. The maximum Gasteiger partial charge on any atom is 0.408 e. The summed E-state index contributed by atoms with van der Waals surface area (Å²) in [6.07, 6.45) is -0.489. The number of hydrogen-bond acceptors (Lipinski definition) is 6. The Hall–Kier alpha value is -1.84. The number of carbonyl (C=O) groups excluding carboxylic acids is 3. The number of nitrogens with one attached hydrogen (secondary N) is 1. The van der Waals surface area contributed by atoms with E-state index in [1.807, 2.05) is 22.6 Å². The monoisotopic (exact) mass is 463 g/mol. The molecule has 7 nitrogen and oxygen atoms in total. The number of esters is 2. The van der Waals surface area contributed by atoms with E-state index < -0.39 is 29.7 Å². The van der Waals surface area contributed by atoms with Crippen molar-refractivity contribution in [1.82, 2.24) is 5.32 Å². The van der Waals surface area contributed by atoms with Crippen LogP contribution in [0.15, 0.2) is 18.2 Å². The zero-order chi connectivity index (χ0) is 19.2. The molecule has 0 aliphatic rings. The van der Waals surface area contributed by atoms with Crippen molar-refractivity contribution in [2.45, 2.75) is 45.8 Å². The third kappa shape index (κ3) is 7.72. The van der Waals surface area contributed by atoms with Crippen molar-refractivity contribution in [3.05, 3.63) is 27.3 Å². The van der Waals surface area contributed by atoms with Crippen molar-refractivity contribution in [3.8, 4) is 5.75 Å². The fourth-order valence-electron chi connectivity index (χ4n) is 1.93. The first kappa shape index (κ1) is 21.2. The number of benzene rings is 1. The van der Waals surface area contributed by atoms with Crippen LogP contribution in [0, 0.1) is 3.57 Å². The lowest BCUT2D eigenvalue weighted by Crippen LogP contribution is -2.45. The molecule has 0 heterocycles. The van der Waals surface area contributed by atoms with Gasteiger partial charge in [0.2, 0.25) is 0 Å². The molecule has 1 rings (SSSR count). The Bertz CT molecular complexity index is 653. The van der Waals surface area contributed by atoms with Crippen LogP contribution in [0.3, 0.4) is 0 Å². The SMILES string of the molecule is COC(=O)C(Cc1ccc(OC(C)=O)c(I)c1)NC(=O)OC(C)(C)C. The Balaban J connectivity index is 2.88. The number of halogens is 1. The van der Waals surface area contributed by atoms with E-state index in [0.29, 0.717) is 9.32 Å². The van der Waals surface area contributed by atoms with Crippen molar-refractivity contribution in [2.75, 3.05) is 7.11 Å². The number of rotatable bonds is 5. The van der Waals surface area contributed by atoms with E-state index in [9.17, 15) is 14.4 Å². The smallest absolute Gasteiger partial charge is 0.408 e. The molecular formula is C17H22INO6. The number of methoxy groups -OCH3 is 1. The zero-order valence-corrected chi connectivity index (χ0v) is 17.0. The van der Waals surface area contributed by atoms with Crippen molar-refractivity contribution < 1.29 is 28.6 Å². The average Bonchev–Trinajstić information content (AvgIpc) is 2.46. The molecule has 1 unspecified atom stereocenters. The highest BCUT2D eigenvalue weighted by Gasteiger charge is 2.25. The summed E-state index contributed by atoms with van der Waals surface area (Å²) in [6, 6.07) is 4.23. The second-order valence-corrected chi connectivity index (χ2v) is 7.45. The Labute approximate surface area is 160 Å². The standard InChI is InChI=1S/C17H22INO6/c1-10(20)24-14-7-6-11(8-12(14)18)9-13(15(21)23-5)19-16(22)25-17(2,3)4/h6-8,13H,9H2,1-5H3,(H,19,22). The maximum absolute atomic E-state index is 12.0. The van der Waals surface area contributed by atoms with Crippen LogP contribution >= 0.6 is 22.6 Å². The molecule has 0 spiro atoms. The third-order valence-electron chi connectivity index (χ3n) is 2.87. The van der Waals surface area contributed by atoms with Gasteiger partial charge in [0.15, 0.2) is 0 Å². The van der Waals surface area contributed by atoms with Crippen LogP contribution in [-0.2, 0) is 25.5 Å². The van der Waals surface area contributed by atoms with Crippen LogP contribution in [0.1, 0.15) is 33.3 Å². The van der Waals surface area contributed by atoms with E-state index in [2.05, 4.69) is 5.32 Å². The molecule has 0 bridgehead atoms. The summed E-state index contributed by atoms with van der Waals surface area (Å²) in [4.78, 5) is 34.9. The van der Waals surface area contributed by atoms with E-state index >= 15 is 0 Å². The molecule has 1 amide bonds. The van der Waals surface area contributed by atoms with Crippen molar-refractivity contribution in [2.24, 2.45) is 0 Å². The first-order valence-electron chi connectivity index (χ1n) is 7.56. The molecule has 1 atom stereocenters. The van der Waals surface area contributed by atoms with Crippen LogP contribution in [0.25, 0.3) is 0 Å². The molecular weight excluding hydrogens is 441 g/mol. The lowest BCUT2D eigenvalue weighted by Gasteiger charge is -2.22. The van der Waals surface area contributed by atoms with E-state index in [-0.39, 0.29) is 6.42 Å². The Morgan fingerprint density at radius 3 is 2.36 bits per heavy atom. The molecule has 0 aliphatic carbocycles. The molecule has 0 radical (unpaired) electrons. The third-order valence-corrected chi connectivity index (χ3v) is 3.71. The largest absolute Gasteiger partial charge is 0.467 e. The minimum absolute atomic E-state index is 0.211. The van der Waals surface area contributed by atoms with Gasteiger partial charge in [-0.25, -0.2) is 9.59 Å². The highest BCUT2D eigenvalue weighted by Crippen LogP contribution is 2.23. The Morgan fingerprint density at radius 1 is 1.24 bits per heavy atom. The van der Waals surface area contributed by atoms with Crippen LogP contribution in [0.2, 0.25) is 0 Å². The molecule has 138 valence electrons. The van der Waals surface area contributed by atoms with E-state index in [1.165, 1.54) is 14.0 Å². The van der Waals surface area contributed by atoms with Crippen molar-refractivity contribution in [3.63, 3.8) is 0 Å². The van der Waals surface area contributed by atoms with Gasteiger partial charge in [-0.3, -0.25) is 4.79 Å². The molecule has 25 heavy (non-hydrogen) atoms. The molecule has 1 aromatic carbocycles. The molecule has 0 saturated carbocycles. The topological polar surface area (TPSA) is 90.9 Å². The van der Waals surface area contributed by atoms with Gasteiger partial charge in [0, 0.05) is 13.3 Å². The van der Waals surface area contributed by atoms with Crippen LogP contribution < -0.4 is 10.1 Å². The zero-order valence-electron chi connectivity index (χ0n) is 14.8. The van der Waals surface area contributed by atoms with Gasteiger partial charge < -0.3 is 19.5 Å². The predicted octanol–water partition coefficient (Wildman–Crippen LogP) is 2.83. The quantitative estimate of drug-likeness (QED) is 0.411. The number of hydrogen-bond donors (Lipinski definition) is 1. The van der Waals surface area contributed by atoms with E-state index in [1.54, 1.807) is 39.0 Å². The maximum atomic E-state index is 12.0. The molecule has 1 aromatic rings. The average molecular weight is 463 g/mol. The van der Waals surface area contributed by atoms with E-state index in [0.717, 1.165) is 5.56 Å². The summed E-state index contributed by atoms with van der Waals surface area (Å²) < 4.78 is 15.7. The van der Waals surface area contributed by atoms with Gasteiger partial charge in [0.25, 0.3) is 0 Å². The van der Waals surface area contributed by atoms with Gasteiger partial charge in [-0.05, 0) is 61.1 Å². The fourth-order valence-corrected chi connectivity index (χ4v) is 2.62. The summed E-state index contributed by atoms with van der Waals surface area (Å²) in [5, 5.41) is 2.52. The summed E-state index contributed by atoms with van der Waals surface area (Å²) >= 11 is 2.03. The second-order valence-electron chi connectivity index (χ2n) is 6.28. The fraction of sp³-hybridized carbons (Fsp3) is 0.471. The van der Waals surface area contributed by atoms with Gasteiger partial charge in [-0.15, -0.1) is 0 Å². The van der Waals surface area contributed by atoms with Gasteiger partial charge >= 0.3 is 18.0 Å². The number of alkyl carbamates (subject to hydrolysis) is 1. The summed E-state index contributed by atoms with van der Waals surface area (Å²) in [7, 11) is 1.25. The lowest BCUT2D eigenvalue weighted by atomic mass is 10.1. The molecule has 0 aromatic heterocycles. The van der Waals surface area contributed by atoms with Gasteiger partial charge in [0.05, 0.1) is 10.7 Å². The van der Waals surface area contributed by atoms with Crippen LogP contribution in [-0.4, -0.2) is 36.8 Å². The summed E-state index contributed by atoms with van der Waals surface area (Å²) in [5.41, 5.74) is 0.0954. The van der Waals surface area contributed by atoms with Gasteiger partial charge in [0.1, 0.15) is 17.4 Å². The molecule has 1 N–H and O–H groups in total. The minimum atomic E-state index is -0.893. The van der Waals surface area contributed by atoms with Crippen molar-refractivity contribution >= 4 is 40.6 Å².